The number of methoxy groups -OCH3 is 1. The molecule has 3 aliphatic rings. The summed E-state index contributed by atoms with van der Waals surface area (Å²) in [7, 11) is 1.61. The Morgan fingerprint density at radius 3 is 2.67 bits per heavy atom. The number of hydrogen-bond acceptors (Lipinski definition) is 10. The molecule has 2 aromatic heterocycles. The van der Waals surface area contributed by atoms with Crippen molar-refractivity contribution in [2.24, 2.45) is 5.41 Å². The van der Waals surface area contributed by atoms with Crippen LogP contribution in [0.1, 0.15) is 53.3 Å². The number of urea groups is 1. The highest BCUT2D eigenvalue weighted by Gasteiger charge is 2.56. The number of para-hydroxylation sites is 1. The van der Waals surface area contributed by atoms with Crippen molar-refractivity contribution in [2.75, 3.05) is 58.0 Å². The summed E-state index contributed by atoms with van der Waals surface area (Å²) < 4.78 is 23.7. The van der Waals surface area contributed by atoms with Crippen LogP contribution in [0.4, 0.5) is 9.80 Å². The number of aromatic nitrogens is 1. The number of nitrogens with one attached hydrogen (secondary N) is 1. The quantitative estimate of drug-likeness (QED) is 0.333. The maximum Gasteiger partial charge on any atom is 0.317 e. The number of Topliss-reactive ketones (excluding diaryl/α,β-unsaturated/α-hetero) is 1. The number of carbonyl (C=O) groups excluding carboxylic acids is 3. The number of thiophene rings is 1. The van der Waals surface area contributed by atoms with Crippen LogP contribution in [0.2, 0.25) is 0 Å². The van der Waals surface area contributed by atoms with E-state index in [1.807, 2.05) is 31.2 Å². The maximum atomic E-state index is 14.8. The minimum Gasteiger partial charge on any atom is -0.496 e. The van der Waals surface area contributed by atoms with E-state index in [1.54, 1.807) is 23.1 Å². The van der Waals surface area contributed by atoms with Crippen LogP contribution >= 0.6 is 11.3 Å². The lowest BCUT2D eigenvalue weighted by molar-refractivity contribution is -0.129. The third-order valence-electron chi connectivity index (χ3n) is 8.97. The number of carbonyl (C=O) groups is 3. The van der Waals surface area contributed by atoms with E-state index in [0.29, 0.717) is 45.9 Å². The lowest BCUT2D eigenvalue weighted by Crippen LogP contribution is -2.59. The average Bonchev–Trinajstić information content (AvgIpc) is 3.73. The minimum absolute atomic E-state index is 0.0720. The summed E-state index contributed by atoms with van der Waals surface area (Å²) in [4.78, 5) is 50.2. The number of ether oxygens (including phenoxy) is 3. The summed E-state index contributed by atoms with van der Waals surface area (Å²) in [6.07, 6.45) is 4.23. The van der Waals surface area contributed by atoms with Gasteiger partial charge < -0.3 is 34.0 Å². The van der Waals surface area contributed by atoms with E-state index in [9.17, 15) is 14.4 Å². The second kappa shape index (κ2) is 13.3. The third-order valence-corrected chi connectivity index (χ3v) is 10.3. The average molecular weight is 639 g/mol. The number of hydrogen-bond donors (Lipinski definition) is 2. The molecule has 2 N–H and O–H groups in total. The number of fused-ring (bicyclic) bond motifs is 1. The summed E-state index contributed by atoms with van der Waals surface area (Å²) >= 11 is 1.31. The van der Waals surface area contributed by atoms with Gasteiger partial charge in [0.25, 0.3) is 0 Å². The molecule has 3 aromatic rings. The normalized spacial score (nSPS) is 19.1. The van der Waals surface area contributed by atoms with E-state index < -0.39 is 11.5 Å². The number of piperidine rings is 1. The Hall–Kier alpha value is -3.78. The van der Waals surface area contributed by atoms with Crippen LogP contribution in [0, 0.1) is 12.3 Å². The van der Waals surface area contributed by atoms with Crippen LogP contribution in [0.5, 0.6) is 5.75 Å². The predicted octanol–water partition coefficient (Wildman–Crippen LogP) is 3.97. The van der Waals surface area contributed by atoms with Crippen molar-refractivity contribution < 1.29 is 38.1 Å². The van der Waals surface area contributed by atoms with Gasteiger partial charge in [0.2, 0.25) is 11.8 Å². The second-order valence-electron chi connectivity index (χ2n) is 11.5. The van der Waals surface area contributed by atoms with Crippen molar-refractivity contribution in [1.82, 2.24) is 15.2 Å². The fraction of sp³-hybridized carbons (Fsp3) is 0.500. The molecule has 13 heteroatoms. The highest BCUT2D eigenvalue weighted by Crippen LogP contribution is 2.52. The second-order valence-corrected chi connectivity index (χ2v) is 12.5. The zero-order chi connectivity index (χ0) is 31.6. The Bertz CT molecular complexity index is 1530. The summed E-state index contributed by atoms with van der Waals surface area (Å²) in [6.45, 7) is 3.62. The number of nitrogens with zero attached hydrogens (tertiary/aromatic N) is 3. The first-order valence-corrected chi connectivity index (χ1v) is 16.1. The van der Waals surface area contributed by atoms with Crippen LogP contribution in [-0.2, 0) is 14.3 Å². The molecule has 0 radical (unpaired) electrons. The molecule has 1 spiro atoms. The molecule has 1 atom stereocenters. The van der Waals surface area contributed by atoms with Gasteiger partial charge in [-0.3, -0.25) is 14.5 Å². The first kappa shape index (κ1) is 31.2. The molecule has 12 nitrogen and oxygen atoms in total. The van der Waals surface area contributed by atoms with Gasteiger partial charge in [0.05, 0.1) is 43.0 Å². The first-order valence-electron chi connectivity index (χ1n) is 15.3. The Morgan fingerprint density at radius 1 is 1.22 bits per heavy atom. The zero-order valence-electron chi connectivity index (χ0n) is 25.5. The lowest BCUT2D eigenvalue weighted by Gasteiger charge is -2.45. The number of amides is 3. The number of aliphatic hydroxyl groups excluding tert-OH is 1. The molecule has 0 saturated carbocycles. The Balaban J connectivity index is 1.40. The van der Waals surface area contributed by atoms with Crippen LogP contribution in [0.3, 0.4) is 0 Å². The van der Waals surface area contributed by atoms with E-state index in [-0.39, 0.29) is 69.5 Å². The first-order chi connectivity index (χ1) is 21.9. The molecular weight excluding hydrogens is 600 g/mol. The van der Waals surface area contributed by atoms with Gasteiger partial charge >= 0.3 is 6.03 Å². The summed E-state index contributed by atoms with van der Waals surface area (Å²) in [6, 6.07) is 7.30. The smallest absolute Gasteiger partial charge is 0.317 e. The summed E-state index contributed by atoms with van der Waals surface area (Å²) in [5.74, 6) is 0.498. The number of rotatable bonds is 9. The molecule has 3 aliphatic heterocycles. The Morgan fingerprint density at radius 2 is 1.98 bits per heavy atom. The fourth-order valence-corrected chi connectivity index (χ4v) is 7.76. The van der Waals surface area contributed by atoms with Crippen LogP contribution < -0.4 is 15.0 Å². The van der Waals surface area contributed by atoms with E-state index in [1.165, 1.54) is 17.6 Å². The van der Waals surface area contributed by atoms with Crippen molar-refractivity contribution in [1.29, 1.82) is 0 Å². The van der Waals surface area contributed by atoms with E-state index in [2.05, 4.69) is 10.3 Å². The van der Waals surface area contributed by atoms with Gasteiger partial charge in [-0.05, 0) is 44.2 Å². The molecule has 45 heavy (non-hydrogen) atoms. The molecule has 0 bridgehead atoms. The summed E-state index contributed by atoms with van der Waals surface area (Å²) in [5, 5.41) is 12.3. The Labute approximate surface area is 265 Å². The molecular formula is C32H38N4O8S. The molecule has 1 aromatic carbocycles. The van der Waals surface area contributed by atoms with E-state index in [4.69, 9.17) is 23.7 Å². The topological polar surface area (TPSA) is 144 Å². The maximum absolute atomic E-state index is 14.8. The van der Waals surface area contributed by atoms with Gasteiger partial charge in [-0.2, -0.15) is 0 Å². The molecule has 3 amide bonds. The number of oxazole rings is 1. The number of aliphatic hydroxyl groups is 1. The fourth-order valence-electron chi connectivity index (χ4n) is 6.51. The number of ketones is 1. The van der Waals surface area contributed by atoms with Gasteiger partial charge in [0.15, 0.2) is 5.78 Å². The Kier molecular flexibility index (Phi) is 9.22. The predicted molar refractivity (Wildman–Crippen MR) is 166 cm³/mol. The molecule has 5 heterocycles. The van der Waals surface area contributed by atoms with Gasteiger partial charge in [0, 0.05) is 38.4 Å². The number of benzene rings is 1. The van der Waals surface area contributed by atoms with Crippen LogP contribution in [0.15, 0.2) is 41.1 Å². The van der Waals surface area contributed by atoms with Crippen molar-refractivity contribution in [3.05, 3.63) is 53.4 Å². The molecule has 6 rings (SSSR count). The van der Waals surface area contributed by atoms with E-state index >= 15 is 0 Å². The number of likely N-dealkylation sites (tertiary alicyclic amines) is 1. The molecule has 2 saturated heterocycles. The molecule has 2 fully saturated rings. The van der Waals surface area contributed by atoms with Gasteiger partial charge in [0.1, 0.15) is 28.5 Å². The molecule has 0 aliphatic carbocycles. The van der Waals surface area contributed by atoms with Gasteiger partial charge in [-0.15, -0.1) is 11.3 Å². The lowest BCUT2D eigenvalue weighted by atomic mass is 9.69. The number of anilines is 1. The van der Waals surface area contributed by atoms with Crippen molar-refractivity contribution >= 4 is 34.1 Å². The highest BCUT2D eigenvalue weighted by molar-refractivity contribution is 7.20. The van der Waals surface area contributed by atoms with Crippen molar-refractivity contribution in [3.8, 4) is 16.5 Å². The largest absolute Gasteiger partial charge is 0.496 e. The van der Waals surface area contributed by atoms with Gasteiger partial charge in [-0.25, -0.2) is 9.78 Å². The monoisotopic (exact) mass is 638 g/mol. The van der Waals surface area contributed by atoms with Crippen LogP contribution in [-0.4, -0.2) is 91.9 Å². The third kappa shape index (κ3) is 5.85. The molecule has 0 unspecified atom stereocenters. The van der Waals surface area contributed by atoms with Crippen LogP contribution in [0.25, 0.3) is 10.8 Å². The SMILES string of the molecule is COc1ccccc1[C@H](CN1C(=O)C2(CCN(C(=O)NCCO)CC2)C(=O)c2c1sc(-c1ncco1)c2C)OC1CCOCC1. The van der Waals surface area contributed by atoms with E-state index in [0.717, 1.165) is 18.4 Å². The highest BCUT2D eigenvalue weighted by atomic mass is 32.1. The van der Waals surface area contributed by atoms with Crippen molar-refractivity contribution in [3.63, 3.8) is 0 Å². The standard InChI is InChI=1S/C32H38N4O8S/c1-20-25-27(38)32(9-13-35(14-10-32)31(40)34-11-15-37)30(39)36(29(25)45-26(20)28-33-12-18-43-28)19-24(44-21-7-16-42-17-8-21)22-5-3-4-6-23(22)41-2/h3-6,12,18,21,24,37H,7-11,13-17,19H2,1-2H3,(H,34,40)/t24-/m0/s1. The minimum atomic E-state index is -1.34. The zero-order valence-corrected chi connectivity index (χ0v) is 26.3. The van der Waals surface area contributed by atoms with Crippen molar-refractivity contribution in [2.45, 2.75) is 44.8 Å². The summed E-state index contributed by atoms with van der Waals surface area (Å²) in [5.41, 5.74) is 0.658. The molecule has 240 valence electrons. The van der Waals surface area contributed by atoms with Gasteiger partial charge in [-0.1, -0.05) is 18.2 Å².